The van der Waals surface area contributed by atoms with E-state index in [1.807, 2.05) is 0 Å². The molecule has 0 spiro atoms. The van der Waals surface area contributed by atoms with Crippen LogP contribution in [0.4, 0.5) is 5.69 Å². The number of benzene rings is 1. The first kappa shape index (κ1) is 16.8. The first-order valence-electron chi connectivity index (χ1n) is 7.19. The summed E-state index contributed by atoms with van der Waals surface area (Å²) in [6, 6.07) is 4.95. The molecule has 4 heteroatoms. The van der Waals surface area contributed by atoms with Crippen molar-refractivity contribution in [2.45, 2.75) is 46.5 Å². The van der Waals surface area contributed by atoms with Crippen LogP contribution in [-0.4, -0.2) is 12.5 Å². The minimum atomic E-state index is -0.161. The van der Waals surface area contributed by atoms with E-state index >= 15 is 0 Å². The predicted molar refractivity (Wildman–Crippen MR) is 86.1 cm³/mol. The largest absolute Gasteiger partial charge is 0.399 e. The van der Waals surface area contributed by atoms with Gasteiger partial charge in [-0.1, -0.05) is 51.6 Å². The summed E-state index contributed by atoms with van der Waals surface area (Å²) in [6.45, 7) is 7.17. The normalized spacial score (nSPS) is 11.4. The lowest BCUT2D eigenvalue weighted by atomic mass is 9.87. The minimum Gasteiger partial charge on any atom is -0.399 e. The molecule has 0 saturated heterocycles. The number of hydrogen-bond acceptors (Lipinski definition) is 2. The molecule has 1 amide bonds. The second kappa shape index (κ2) is 7.53. The second-order valence-electron chi connectivity index (χ2n) is 6.04. The summed E-state index contributed by atoms with van der Waals surface area (Å²) in [4.78, 5) is 12.1. The zero-order valence-corrected chi connectivity index (χ0v) is 13.4. The molecule has 0 saturated carbocycles. The summed E-state index contributed by atoms with van der Waals surface area (Å²) in [5.41, 5.74) is 6.77. The van der Waals surface area contributed by atoms with Gasteiger partial charge in [0.2, 0.25) is 0 Å². The van der Waals surface area contributed by atoms with E-state index < -0.39 is 0 Å². The molecule has 0 aliphatic heterocycles. The maximum atomic E-state index is 12.1. The van der Waals surface area contributed by atoms with Gasteiger partial charge in [-0.05, 0) is 30.0 Å². The van der Waals surface area contributed by atoms with Crippen molar-refractivity contribution in [3.05, 3.63) is 28.8 Å². The molecule has 3 nitrogen and oxygen atoms in total. The van der Waals surface area contributed by atoms with Gasteiger partial charge in [-0.3, -0.25) is 4.79 Å². The maximum Gasteiger partial charge on any atom is 0.252 e. The first-order chi connectivity index (χ1) is 9.35. The molecule has 1 aromatic rings. The number of nitrogens with one attached hydrogen (secondary N) is 1. The molecule has 0 bridgehead atoms. The summed E-state index contributed by atoms with van der Waals surface area (Å²) in [5.74, 6) is -0.161. The highest BCUT2D eigenvalue weighted by molar-refractivity contribution is 6.34. The molecule has 0 heterocycles. The van der Waals surface area contributed by atoms with E-state index in [1.165, 1.54) is 19.3 Å². The van der Waals surface area contributed by atoms with Gasteiger partial charge in [-0.15, -0.1) is 0 Å². The summed E-state index contributed by atoms with van der Waals surface area (Å²) in [6.07, 6.45) is 4.74. The molecule has 1 aromatic carbocycles. The number of unbranched alkanes of at least 4 members (excludes halogenated alkanes) is 2. The molecule has 3 N–H and O–H groups in total. The molecule has 1 rings (SSSR count). The zero-order valence-electron chi connectivity index (χ0n) is 12.6. The second-order valence-corrected chi connectivity index (χ2v) is 6.45. The number of anilines is 1. The molecular formula is C16H25ClN2O. The highest BCUT2D eigenvalue weighted by Gasteiger charge is 2.19. The van der Waals surface area contributed by atoms with Crippen LogP contribution in [0.2, 0.25) is 5.02 Å². The van der Waals surface area contributed by atoms with Crippen LogP contribution in [0.3, 0.4) is 0 Å². The summed E-state index contributed by atoms with van der Waals surface area (Å²) < 4.78 is 0. The maximum absolute atomic E-state index is 12.1. The summed E-state index contributed by atoms with van der Waals surface area (Å²) >= 11 is 6.03. The lowest BCUT2D eigenvalue weighted by Crippen LogP contribution is -2.34. The van der Waals surface area contributed by atoms with E-state index in [1.54, 1.807) is 18.2 Å². The van der Waals surface area contributed by atoms with Crippen LogP contribution in [0.5, 0.6) is 0 Å². The van der Waals surface area contributed by atoms with E-state index in [0.717, 1.165) is 6.42 Å². The minimum absolute atomic E-state index is 0.0949. The summed E-state index contributed by atoms with van der Waals surface area (Å²) in [7, 11) is 0. The van der Waals surface area contributed by atoms with Crippen LogP contribution in [0.1, 0.15) is 56.8 Å². The Kier molecular flexibility index (Phi) is 6.34. The smallest absolute Gasteiger partial charge is 0.252 e. The van der Waals surface area contributed by atoms with Gasteiger partial charge in [0.1, 0.15) is 0 Å². The molecule has 0 aromatic heterocycles. The molecule has 0 aliphatic rings. The molecule has 0 aliphatic carbocycles. The molecular weight excluding hydrogens is 272 g/mol. The Bertz CT molecular complexity index is 458. The number of nitrogens with two attached hydrogens (primary N) is 1. The fourth-order valence-corrected chi connectivity index (χ4v) is 2.28. The third-order valence-electron chi connectivity index (χ3n) is 3.42. The van der Waals surface area contributed by atoms with Crippen molar-refractivity contribution in [3.8, 4) is 0 Å². The van der Waals surface area contributed by atoms with Gasteiger partial charge in [0.05, 0.1) is 10.6 Å². The van der Waals surface area contributed by atoms with Crippen LogP contribution >= 0.6 is 11.6 Å². The Labute approximate surface area is 126 Å². The van der Waals surface area contributed by atoms with Crippen LogP contribution < -0.4 is 11.1 Å². The van der Waals surface area contributed by atoms with E-state index in [0.29, 0.717) is 22.8 Å². The van der Waals surface area contributed by atoms with Crippen molar-refractivity contribution < 1.29 is 4.79 Å². The van der Waals surface area contributed by atoms with Crippen LogP contribution in [0.25, 0.3) is 0 Å². The molecule has 112 valence electrons. The van der Waals surface area contributed by atoms with E-state index in [9.17, 15) is 4.79 Å². The Morgan fingerprint density at radius 3 is 2.70 bits per heavy atom. The fourth-order valence-electron chi connectivity index (χ4n) is 2.07. The molecule has 20 heavy (non-hydrogen) atoms. The molecule has 0 radical (unpaired) electrons. The van der Waals surface area contributed by atoms with Crippen molar-refractivity contribution in [2.75, 3.05) is 12.3 Å². The van der Waals surface area contributed by atoms with Crippen molar-refractivity contribution in [1.29, 1.82) is 0 Å². The van der Waals surface area contributed by atoms with Gasteiger partial charge in [-0.2, -0.15) is 0 Å². The van der Waals surface area contributed by atoms with Crippen molar-refractivity contribution in [1.82, 2.24) is 5.32 Å². The molecule has 0 fully saturated rings. The van der Waals surface area contributed by atoms with Gasteiger partial charge in [0.25, 0.3) is 5.91 Å². The Morgan fingerprint density at radius 2 is 2.05 bits per heavy atom. The van der Waals surface area contributed by atoms with Gasteiger partial charge in [0, 0.05) is 12.2 Å². The Morgan fingerprint density at radius 1 is 1.35 bits per heavy atom. The molecule has 0 unspecified atom stereocenters. The van der Waals surface area contributed by atoms with E-state index in [4.69, 9.17) is 17.3 Å². The number of amides is 1. The third kappa shape index (κ3) is 5.41. The number of hydrogen-bond donors (Lipinski definition) is 2. The first-order valence-corrected chi connectivity index (χ1v) is 7.57. The van der Waals surface area contributed by atoms with Gasteiger partial charge in [-0.25, -0.2) is 0 Å². The number of halogens is 1. The van der Waals surface area contributed by atoms with Crippen molar-refractivity contribution in [3.63, 3.8) is 0 Å². The highest BCUT2D eigenvalue weighted by atomic mass is 35.5. The Hall–Kier alpha value is -1.22. The van der Waals surface area contributed by atoms with Gasteiger partial charge >= 0.3 is 0 Å². The van der Waals surface area contributed by atoms with Crippen LogP contribution in [0.15, 0.2) is 18.2 Å². The Balaban J connectivity index is 2.56. The van der Waals surface area contributed by atoms with Crippen molar-refractivity contribution >= 4 is 23.2 Å². The lowest BCUT2D eigenvalue weighted by molar-refractivity contribution is 0.0934. The van der Waals surface area contributed by atoms with E-state index in [-0.39, 0.29) is 11.3 Å². The average molecular weight is 297 g/mol. The predicted octanol–water partition coefficient (Wildman–Crippen LogP) is 4.26. The molecule has 0 atom stereocenters. The SMILES string of the molecule is CCCCCC(C)(C)CNC(=O)c1cc(N)ccc1Cl. The van der Waals surface area contributed by atoms with Crippen molar-refractivity contribution in [2.24, 2.45) is 5.41 Å². The zero-order chi connectivity index (χ0) is 15.2. The van der Waals surface area contributed by atoms with Gasteiger partial charge in [0.15, 0.2) is 0 Å². The number of carbonyl (C=O) groups excluding carboxylic acids is 1. The lowest BCUT2D eigenvalue weighted by Gasteiger charge is -2.25. The standard InChI is InChI=1S/C16H25ClN2O/c1-4-5-6-9-16(2,3)11-19-15(20)13-10-12(18)7-8-14(13)17/h7-8,10H,4-6,9,11,18H2,1-3H3,(H,19,20). The average Bonchev–Trinajstić information content (AvgIpc) is 2.39. The fraction of sp³-hybridized carbons (Fsp3) is 0.562. The topological polar surface area (TPSA) is 55.1 Å². The highest BCUT2D eigenvalue weighted by Crippen LogP contribution is 2.23. The number of nitrogen functional groups attached to an aromatic ring is 1. The summed E-state index contributed by atoms with van der Waals surface area (Å²) in [5, 5.41) is 3.39. The van der Waals surface area contributed by atoms with Crippen LogP contribution in [0, 0.1) is 5.41 Å². The van der Waals surface area contributed by atoms with E-state index in [2.05, 4.69) is 26.1 Å². The monoisotopic (exact) mass is 296 g/mol. The number of carbonyl (C=O) groups is 1. The number of rotatable bonds is 7. The third-order valence-corrected chi connectivity index (χ3v) is 3.75. The van der Waals surface area contributed by atoms with Crippen LogP contribution in [-0.2, 0) is 0 Å². The quantitative estimate of drug-likeness (QED) is 0.583. The van der Waals surface area contributed by atoms with Gasteiger partial charge < -0.3 is 11.1 Å².